The number of amides is 1. The van der Waals surface area contributed by atoms with Gasteiger partial charge in [0.1, 0.15) is 0 Å². The minimum Gasteiger partial charge on any atom is -0.394 e. The van der Waals surface area contributed by atoms with Gasteiger partial charge in [-0.3, -0.25) is 14.9 Å². The Morgan fingerprint density at radius 1 is 1.54 bits per heavy atom. The smallest absolute Gasteiger partial charge is 0.238 e. The molecule has 0 radical (unpaired) electrons. The summed E-state index contributed by atoms with van der Waals surface area (Å²) in [5, 5.41) is 14.3. The summed E-state index contributed by atoms with van der Waals surface area (Å²) in [5.74, 6) is 5.08. The molecule has 7 heteroatoms. The summed E-state index contributed by atoms with van der Waals surface area (Å²) < 4.78 is 1.87. The molecule has 0 spiro atoms. The van der Waals surface area contributed by atoms with E-state index in [1.54, 1.807) is 0 Å². The number of unbranched alkanes of at least 4 members (excludes halogenated alkanes) is 1. The predicted molar refractivity (Wildman–Crippen MR) is 94.3 cm³/mol. The summed E-state index contributed by atoms with van der Waals surface area (Å²) in [4.78, 5) is 14.1. The normalized spacial score (nSPS) is 23.8. The predicted octanol–water partition coefficient (Wildman–Crippen LogP) is 1.38. The minimum absolute atomic E-state index is 0.0574. The zero-order chi connectivity index (χ0) is 17.7. The molecule has 0 aliphatic carbocycles. The Labute approximate surface area is 144 Å². The third-order valence-corrected chi connectivity index (χ3v) is 5.26. The van der Waals surface area contributed by atoms with Crippen LogP contribution in [0.4, 0.5) is 5.69 Å². The number of aliphatic hydroxyl groups is 1. The number of nitrogens with zero attached hydrogens (tertiary/aromatic N) is 3. The Morgan fingerprint density at radius 2 is 2.29 bits per heavy atom. The van der Waals surface area contributed by atoms with Crippen LogP contribution in [0.2, 0.25) is 0 Å². The molecule has 1 aliphatic rings. The van der Waals surface area contributed by atoms with Crippen molar-refractivity contribution in [3.8, 4) is 0 Å². The molecule has 3 atom stereocenters. The van der Waals surface area contributed by atoms with Gasteiger partial charge in [-0.25, -0.2) is 5.84 Å². The number of aliphatic hydroxyl groups excluding tert-OH is 1. The second-order valence-electron chi connectivity index (χ2n) is 7.19. The lowest BCUT2D eigenvalue weighted by Crippen LogP contribution is -2.48. The van der Waals surface area contributed by atoms with E-state index >= 15 is 0 Å². The van der Waals surface area contributed by atoms with Crippen molar-refractivity contribution in [3.63, 3.8) is 0 Å². The number of carbonyl (C=O) groups excluding carboxylic acids is 1. The molecule has 1 saturated heterocycles. The van der Waals surface area contributed by atoms with Gasteiger partial charge in [0.15, 0.2) is 0 Å². The molecule has 1 aliphatic heterocycles. The Balaban J connectivity index is 2.17. The highest BCUT2D eigenvalue weighted by atomic mass is 16.3. The highest BCUT2D eigenvalue weighted by Gasteiger charge is 2.32. The number of hydrogen-bond donors (Lipinski definition) is 3. The van der Waals surface area contributed by atoms with Gasteiger partial charge in [-0.05, 0) is 33.1 Å². The van der Waals surface area contributed by atoms with Crippen LogP contribution >= 0.6 is 0 Å². The number of hydrogen-bond acceptors (Lipinski definition) is 5. The maximum atomic E-state index is 11.9. The van der Waals surface area contributed by atoms with Gasteiger partial charge in [0.25, 0.3) is 0 Å². The molecule has 1 aromatic rings. The molecule has 136 valence electrons. The van der Waals surface area contributed by atoms with Crippen molar-refractivity contribution in [3.05, 3.63) is 12.4 Å². The minimum atomic E-state index is -0.388. The van der Waals surface area contributed by atoms with E-state index in [4.69, 9.17) is 5.84 Å². The Bertz CT molecular complexity index is 547. The Hall–Kier alpha value is -1.60. The topological polar surface area (TPSA) is 96.4 Å². The monoisotopic (exact) mass is 337 g/mol. The van der Waals surface area contributed by atoms with Crippen LogP contribution in [0.1, 0.15) is 52.9 Å². The van der Waals surface area contributed by atoms with Gasteiger partial charge in [-0.15, -0.1) is 0 Å². The van der Waals surface area contributed by atoms with E-state index in [9.17, 15) is 9.90 Å². The number of hydrazine groups is 1. The highest BCUT2D eigenvalue weighted by Crippen LogP contribution is 2.30. The molecule has 24 heavy (non-hydrogen) atoms. The second-order valence-corrected chi connectivity index (χ2v) is 7.19. The van der Waals surface area contributed by atoms with Crippen LogP contribution in [0.3, 0.4) is 0 Å². The SMILES string of the molecule is CCCCC(C)(CO)n1cc(N2CC(C(=O)NN)CCC2C)cn1. The summed E-state index contributed by atoms with van der Waals surface area (Å²) in [5.41, 5.74) is 2.87. The lowest BCUT2D eigenvalue weighted by molar-refractivity contribution is -0.125. The fourth-order valence-electron chi connectivity index (χ4n) is 3.38. The number of nitrogens with one attached hydrogen (secondary N) is 1. The molecule has 1 fully saturated rings. The van der Waals surface area contributed by atoms with Gasteiger partial charge >= 0.3 is 0 Å². The fraction of sp³-hybridized carbons (Fsp3) is 0.765. The molecule has 0 saturated carbocycles. The van der Waals surface area contributed by atoms with Crippen molar-refractivity contribution in [2.24, 2.45) is 11.8 Å². The summed E-state index contributed by atoms with van der Waals surface area (Å²) >= 11 is 0. The van der Waals surface area contributed by atoms with Crippen molar-refractivity contribution >= 4 is 11.6 Å². The van der Waals surface area contributed by atoms with Crippen molar-refractivity contribution in [1.29, 1.82) is 0 Å². The van der Waals surface area contributed by atoms with E-state index in [-0.39, 0.29) is 24.0 Å². The van der Waals surface area contributed by atoms with Gasteiger partial charge in [0.05, 0.1) is 29.9 Å². The lowest BCUT2D eigenvalue weighted by atomic mass is 9.92. The molecule has 7 nitrogen and oxygen atoms in total. The summed E-state index contributed by atoms with van der Waals surface area (Å²) in [6.45, 7) is 7.03. The van der Waals surface area contributed by atoms with E-state index in [0.29, 0.717) is 12.6 Å². The van der Waals surface area contributed by atoms with Crippen molar-refractivity contribution in [2.45, 2.75) is 64.5 Å². The van der Waals surface area contributed by atoms with Crippen molar-refractivity contribution < 1.29 is 9.90 Å². The Kier molecular flexibility index (Phi) is 6.23. The number of piperidine rings is 1. The molecular weight excluding hydrogens is 306 g/mol. The first-order valence-corrected chi connectivity index (χ1v) is 8.88. The number of aromatic nitrogens is 2. The van der Waals surface area contributed by atoms with E-state index in [0.717, 1.165) is 37.8 Å². The highest BCUT2D eigenvalue weighted by molar-refractivity contribution is 5.79. The molecule has 4 N–H and O–H groups in total. The van der Waals surface area contributed by atoms with Crippen LogP contribution in [0.15, 0.2) is 12.4 Å². The molecule has 3 unspecified atom stereocenters. The number of rotatable bonds is 7. The van der Waals surface area contributed by atoms with E-state index in [2.05, 4.69) is 29.3 Å². The van der Waals surface area contributed by atoms with E-state index < -0.39 is 0 Å². The summed E-state index contributed by atoms with van der Waals surface area (Å²) in [7, 11) is 0. The molecule has 2 rings (SSSR count). The van der Waals surface area contributed by atoms with Crippen LogP contribution in [-0.4, -0.2) is 40.0 Å². The van der Waals surface area contributed by atoms with Crippen LogP contribution in [0, 0.1) is 5.92 Å². The van der Waals surface area contributed by atoms with Gasteiger partial charge in [0.2, 0.25) is 5.91 Å². The van der Waals surface area contributed by atoms with Crippen LogP contribution in [-0.2, 0) is 10.3 Å². The summed E-state index contributed by atoms with van der Waals surface area (Å²) in [6, 6.07) is 0.348. The second kappa shape index (κ2) is 7.98. The fourth-order valence-corrected chi connectivity index (χ4v) is 3.38. The molecule has 0 bridgehead atoms. The molecule has 1 amide bonds. The number of carbonyl (C=O) groups is 1. The van der Waals surface area contributed by atoms with Crippen molar-refractivity contribution in [1.82, 2.24) is 15.2 Å². The first-order valence-electron chi connectivity index (χ1n) is 8.88. The van der Waals surface area contributed by atoms with Crippen LogP contribution in [0.5, 0.6) is 0 Å². The van der Waals surface area contributed by atoms with Crippen LogP contribution < -0.4 is 16.2 Å². The summed E-state index contributed by atoms with van der Waals surface area (Å²) in [6.07, 6.45) is 8.63. The van der Waals surface area contributed by atoms with Gasteiger partial charge in [-0.2, -0.15) is 5.10 Å². The maximum Gasteiger partial charge on any atom is 0.238 e. The van der Waals surface area contributed by atoms with Crippen molar-refractivity contribution in [2.75, 3.05) is 18.1 Å². The average Bonchev–Trinajstić information content (AvgIpc) is 3.10. The van der Waals surface area contributed by atoms with Crippen LogP contribution in [0.25, 0.3) is 0 Å². The third-order valence-electron chi connectivity index (χ3n) is 5.26. The third kappa shape index (κ3) is 3.89. The number of anilines is 1. The Morgan fingerprint density at radius 3 is 2.92 bits per heavy atom. The first kappa shape index (κ1) is 18.7. The zero-order valence-corrected chi connectivity index (χ0v) is 15.0. The van der Waals surface area contributed by atoms with Gasteiger partial charge in [-0.1, -0.05) is 19.8 Å². The zero-order valence-electron chi connectivity index (χ0n) is 15.0. The standard InChI is InChI=1S/C17H31N5O2/c1-4-5-8-17(3,12-23)22-11-15(9-19-22)21-10-14(16(24)20-18)7-6-13(21)2/h9,11,13-14,23H,4-8,10,12,18H2,1-3H3,(H,20,24). The molecule has 1 aromatic heterocycles. The number of nitrogens with two attached hydrogens (primary N) is 1. The van der Waals surface area contributed by atoms with Gasteiger partial charge < -0.3 is 10.0 Å². The first-order chi connectivity index (χ1) is 11.4. The quantitative estimate of drug-likeness (QED) is 0.397. The van der Waals surface area contributed by atoms with Gasteiger partial charge in [0, 0.05) is 18.8 Å². The maximum absolute atomic E-state index is 11.9. The molecule has 0 aromatic carbocycles. The average molecular weight is 337 g/mol. The largest absolute Gasteiger partial charge is 0.394 e. The van der Waals surface area contributed by atoms with E-state index in [1.165, 1.54) is 0 Å². The lowest BCUT2D eigenvalue weighted by Gasteiger charge is -2.38. The molecule has 2 heterocycles. The molecular formula is C17H31N5O2. The van der Waals surface area contributed by atoms with E-state index in [1.807, 2.05) is 24.0 Å².